The number of aromatic nitrogens is 1. The Balaban J connectivity index is 1.63. The summed E-state index contributed by atoms with van der Waals surface area (Å²) in [4.78, 5) is 0. The van der Waals surface area contributed by atoms with Crippen LogP contribution in [-0.4, -0.2) is 4.57 Å². The smallest absolute Gasteiger partial charge is 0.0492 e. The number of hydrogen-bond donors (Lipinski definition) is 0. The minimum Gasteiger partial charge on any atom is -0.340 e. The Labute approximate surface area is 153 Å². The van der Waals surface area contributed by atoms with Gasteiger partial charge in [-0.15, -0.1) is 0 Å². The number of aryl methyl sites for hydroxylation is 1. The van der Waals surface area contributed by atoms with Crippen molar-refractivity contribution >= 4 is 53.7 Å². The van der Waals surface area contributed by atoms with Crippen LogP contribution >= 0.6 is 31.9 Å². The van der Waals surface area contributed by atoms with Crippen LogP contribution in [0.1, 0.15) is 32.1 Å². The van der Waals surface area contributed by atoms with Crippen LogP contribution in [0.15, 0.2) is 45.3 Å². The number of halogens is 2. The van der Waals surface area contributed by atoms with Crippen LogP contribution < -0.4 is 0 Å². The summed E-state index contributed by atoms with van der Waals surface area (Å²) in [6, 6.07) is 13.4. The zero-order valence-corrected chi connectivity index (χ0v) is 16.2. The van der Waals surface area contributed by atoms with Gasteiger partial charge in [0.15, 0.2) is 0 Å². The number of benzene rings is 2. The van der Waals surface area contributed by atoms with E-state index in [2.05, 4.69) is 72.8 Å². The zero-order chi connectivity index (χ0) is 15.6. The molecule has 2 aromatic carbocycles. The fourth-order valence-electron chi connectivity index (χ4n) is 4.90. The van der Waals surface area contributed by atoms with E-state index >= 15 is 0 Å². The maximum atomic E-state index is 3.63. The van der Waals surface area contributed by atoms with Crippen molar-refractivity contribution in [2.24, 2.45) is 11.3 Å². The molecule has 0 amide bonds. The second kappa shape index (κ2) is 5.10. The molecule has 23 heavy (non-hydrogen) atoms. The van der Waals surface area contributed by atoms with E-state index in [9.17, 15) is 0 Å². The Morgan fingerprint density at radius 1 is 1.00 bits per heavy atom. The quantitative estimate of drug-likeness (QED) is 0.424. The van der Waals surface area contributed by atoms with Crippen LogP contribution in [0, 0.1) is 11.3 Å². The first kappa shape index (κ1) is 14.5. The number of rotatable bonds is 3. The lowest BCUT2D eigenvalue weighted by atomic mass is 9.99. The first-order valence-corrected chi connectivity index (χ1v) is 10.1. The molecule has 1 nitrogen and oxygen atoms in total. The minimum atomic E-state index is 0.702. The third kappa shape index (κ3) is 2.23. The van der Waals surface area contributed by atoms with Gasteiger partial charge >= 0.3 is 0 Å². The average Bonchev–Trinajstić information content (AvgIpc) is 2.94. The lowest BCUT2D eigenvalue weighted by Gasteiger charge is -2.14. The van der Waals surface area contributed by atoms with Gasteiger partial charge in [0, 0.05) is 37.3 Å². The van der Waals surface area contributed by atoms with Crippen LogP contribution in [0.2, 0.25) is 0 Å². The Morgan fingerprint density at radius 2 is 1.65 bits per heavy atom. The van der Waals surface area contributed by atoms with E-state index in [1.165, 1.54) is 53.9 Å². The highest BCUT2D eigenvalue weighted by Gasteiger charge is 2.55. The van der Waals surface area contributed by atoms with Gasteiger partial charge in [-0.2, -0.15) is 0 Å². The van der Waals surface area contributed by atoms with Gasteiger partial charge in [0.2, 0.25) is 0 Å². The van der Waals surface area contributed by atoms with E-state index in [0.717, 1.165) is 21.4 Å². The zero-order valence-electron chi connectivity index (χ0n) is 13.0. The number of fused-ring (bicyclic) bond motifs is 4. The molecule has 1 heterocycles. The standard InChI is InChI=1S/C20H19Br2N/c21-14-3-5-18-16(10-14)17-11-15(22)4-6-19(17)23(18)9-8-20-7-1-2-13(20)12-20/h3-6,10-11,13H,1-2,7-9,12H2/t13-,20-/m1/s1. The van der Waals surface area contributed by atoms with Gasteiger partial charge in [0.05, 0.1) is 0 Å². The average molecular weight is 433 g/mol. The monoisotopic (exact) mass is 431 g/mol. The molecule has 0 aliphatic heterocycles. The van der Waals surface area contributed by atoms with E-state index in [-0.39, 0.29) is 0 Å². The predicted octanol–water partition coefficient (Wildman–Crippen LogP) is 6.90. The Bertz CT molecular complexity index is 867. The van der Waals surface area contributed by atoms with E-state index in [1.54, 1.807) is 0 Å². The lowest BCUT2D eigenvalue weighted by Crippen LogP contribution is -2.06. The summed E-state index contributed by atoms with van der Waals surface area (Å²) >= 11 is 7.27. The first-order chi connectivity index (χ1) is 11.2. The van der Waals surface area contributed by atoms with Crippen LogP contribution in [0.4, 0.5) is 0 Å². The largest absolute Gasteiger partial charge is 0.340 e. The molecule has 3 heteroatoms. The van der Waals surface area contributed by atoms with Gasteiger partial charge < -0.3 is 4.57 Å². The number of nitrogens with zero attached hydrogens (tertiary/aromatic N) is 1. The van der Waals surface area contributed by atoms with Crippen molar-refractivity contribution < 1.29 is 0 Å². The Hall–Kier alpha value is -0.800. The number of hydrogen-bond acceptors (Lipinski definition) is 0. The molecule has 0 radical (unpaired) electrons. The third-order valence-corrected chi connectivity index (χ3v) is 7.19. The summed E-state index contributed by atoms with van der Waals surface area (Å²) in [6.07, 6.45) is 7.24. The summed E-state index contributed by atoms with van der Waals surface area (Å²) in [5, 5.41) is 2.71. The minimum absolute atomic E-state index is 0.702. The summed E-state index contributed by atoms with van der Waals surface area (Å²) in [6.45, 7) is 1.15. The normalized spacial score (nSPS) is 26.1. The summed E-state index contributed by atoms with van der Waals surface area (Å²) in [7, 11) is 0. The molecule has 5 rings (SSSR count). The molecule has 0 unspecified atom stereocenters. The van der Waals surface area contributed by atoms with Crippen molar-refractivity contribution in [1.29, 1.82) is 0 Å². The highest BCUT2D eigenvalue weighted by atomic mass is 79.9. The summed E-state index contributed by atoms with van der Waals surface area (Å²) < 4.78 is 4.85. The second-order valence-corrected chi connectivity index (χ2v) is 9.21. The van der Waals surface area contributed by atoms with Crippen LogP contribution in [0.3, 0.4) is 0 Å². The van der Waals surface area contributed by atoms with Crippen LogP contribution in [0.25, 0.3) is 21.8 Å². The van der Waals surface area contributed by atoms with E-state index < -0.39 is 0 Å². The highest BCUT2D eigenvalue weighted by molar-refractivity contribution is 9.10. The SMILES string of the molecule is Brc1ccc2c(c1)c1cc(Br)ccc1n2CC[C@@]12CCC[C@@H]1C2. The van der Waals surface area contributed by atoms with Gasteiger partial charge in [0.1, 0.15) is 0 Å². The van der Waals surface area contributed by atoms with Crippen molar-refractivity contribution in [3.63, 3.8) is 0 Å². The van der Waals surface area contributed by atoms with E-state index in [1.807, 2.05) is 0 Å². The molecule has 0 N–H and O–H groups in total. The molecular formula is C20H19Br2N. The van der Waals surface area contributed by atoms with E-state index in [0.29, 0.717) is 5.41 Å². The first-order valence-electron chi connectivity index (χ1n) is 8.53. The van der Waals surface area contributed by atoms with Crippen molar-refractivity contribution in [3.8, 4) is 0 Å². The van der Waals surface area contributed by atoms with Crippen LogP contribution in [-0.2, 0) is 6.54 Å². The molecule has 3 aromatic rings. The molecular weight excluding hydrogens is 414 g/mol. The molecule has 2 saturated carbocycles. The van der Waals surface area contributed by atoms with Crippen LogP contribution in [0.5, 0.6) is 0 Å². The fraction of sp³-hybridized carbons (Fsp3) is 0.400. The Morgan fingerprint density at radius 3 is 2.17 bits per heavy atom. The topological polar surface area (TPSA) is 4.93 Å². The van der Waals surface area contributed by atoms with Crippen molar-refractivity contribution in [2.75, 3.05) is 0 Å². The molecule has 0 spiro atoms. The second-order valence-electron chi connectivity index (χ2n) is 7.38. The molecule has 0 saturated heterocycles. The molecule has 2 atom stereocenters. The predicted molar refractivity (Wildman–Crippen MR) is 104 cm³/mol. The fourth-order valence-corrected chi connectivity index (χ4v) is 5.62. The van der Waals surface area contributed by atoms with Crippen molar-refractivity contribution in [3.05, 3.63) is 45.3 Å². The lowest BCUT2D eigenvalue weighted by molar-refractivity contribution is 0.416. The molecule has 2 fully saturated rings. The maximum absolute atomic E-state index is 3.63. The van der Waals surface area contributed by atoms with E-state index in [4.69, 9.17) is 0 Å². The van der Waals surface area contributed by atoms with Gasteiger partial charge in [-0.25, -0.2) is 0 Å². The maximum Gasteiger partial charge on any atom is 0.0492 e. The molecule has 1 aromatic heterocycles. The van der Waals surface area contributed by atoms with Crippen molar-refractivity contribution in [1.82, 2.24) is 4.57 Å². The molecule has 118 valence electrons. The summed E-state index contributed by atoms with van der Waals surface area (Å²) in [5.41, 5.74) is 3.44. The van der Waals surface area contributed by atoms with Gasteiger partial charge in [-0.3, -0.25) is 0 Å². The van der Waals surface area contributed by atoms with Gasteiger partial charge in [0.25, 0.3) is 0 Å². The molecule has 2 aliphatic rings. The third-order valence-electron chi connectivity index (χ3n) is 6.21. The van der Waals surface area contributed by atoms with Gasteiger partial charge in [-0.05, 0) is 73.4 Å². The highest BCUT2D eigenvalue weighted by Crippen LogP contribution is 2.65. The van der Waals surface area contributed by atoms with Crippen molar-refractivity contribution in [2.45, 2.75) is 38.6 Å². The molecule has 2 aliphatic carbocycles. The summed E-state index contributed by atoms with van der Waals surface area (Å²) in [5.74, 6) is 1.04. The Kier molecular flexibility index (Phi) is 3.22. The molecule has 0 bridgehead atoms. The van der Waals surface area contributed by atoms with Gasteiger partial charge in [-0.1, -0.05) is 38.3 Å².